The van der Waals surface area contributed by atoms with Crippen LogP contribution >= 0.6 is 11.8 Å². The molecule has 1 aliphatic heterocycles. The summed E-state index contributed by atoms with van der Waals surface area (Å²) in [6.07, 6.45) is 4.76. The van der Waals surface area contributed by atoms with Crippen LogP contribution in [0.3, 0.4) is 0 Å². The largest absolute Gasteiger partial charge is 0.300 e. The smallest absolute Gasteiger partial charge is 0.0396 e. The first kappa shape index (κ1) is 6.14. The van der Waals surface area contributed by atoms with Crippen molar-refractivity contribution in [3.05, 3.63) is 0 Å². The highest BCUT2D eigenvalue weighted by Gasteiger charge is 2.11. The number of hydrogen-bond acceptors (Lipinski definition) is 2. The molecular formula is C6H11NS. The minimum atomic E-state index is 0.736. The van der Waals surface area contributed by atoms with Gasteiger partial charge in [-0.05, 0) is 18.6 Å². The normalized spacial score (nSPS) is 29.9. The summed E-state index contributed by atoms with van der Waals surface area (Å²) in [5.41, 5.74) is 0. The molecular weight excluding hydrogens is 118 g/mol. The second kappa shape index (κ2) is 3.13. The van der Waals surface area contributed by atoms with E-state index in [1.54, 1.807) is 0 Å². The zero-order valence-electron chi connectivity index (χ0n) is 5.13. The van der Waals surface area contributed by atoms with E-state index in [4.69, 9.17) is 0 Å². The maximum absolute atomic E-state index is 3.97. The molecule has 2 heteroatoms. The van der Waals surface area contributed by atoms with E-state index in [0.717, 1.165) is 5.25 Å². The fourth-order valence-corrected chi connectivity index (χ4v) is 2.06. The minimum absolute atomic E-state index is 0.736. The van der Waals surface area contributed by atoms with Crippen LogP contribution in [0.1, 0.15) is 12.8 Å². The Bertz CT molecular complexity index is 84.5. The third kappa shape index (κ3) is 1.51. The summed E-state index contributed by atoms with van der Waals surface area (Å²) in [7, 11) is 1.85. The van der Waals surface area contributed by atoms with E-state index in [0.29, 0.717) is 0 Å². The first-order valence-corrected chi connectivity index (χ1v) is 4.02. The summed E-state index contributed by atoms with van der Waals surface area (Å²) in [6.45, 7) is 0. The molecule has 1 aliphatic rings. The molecule has 0 saturated carbocycles. The lowest BCUT2D eigenvalue weighted by Gasteiger charge is -1.95. The fourth-order valence-electron chi connectivity index (χ4n) is 0.886. The molecule has 1 heterocycles. The number of nitrogens with zero attached hydrogens (tertiary/aromatic N) is 1. The molecule has 0 aromatic carbocycles. The average Bonchev–Trinajstić information content (AvgIpc) is 2.19. The number of aliphatic imine (C=N–C) groups is 1. The summed E-state index contributed by atoms with van der Waals surface area (Å²) in [5.74, 6) is 1.33. The molecule has 1 nitrogen and oxygen atoms in total. The van der Waals surface area contributed by atoms with Gasteiger partial charge in [0, 0.05) is 18.5 Å². The summed E-state index contributed by atoms with van der Waals surface area (Å²) in [6, 6.07) is 0. The van der Waals surface area contributed by atoms with Crippen LogP contribution in [-0.2, 0) is 0 Å². The Balaban J connectivity index is 2.24. The second-order valence-corrected chi connectivity index (χ2v) is 3.31. The van der Waals surface area contributed by atoms with Crippen LogP contribution in [0.25, 0.3) is 0 Å². The van der Waals surface area contributed by atoms with Crippen molar-refractivity contribution >= 4 is 18.0 Å². The Morgan fingerprint density at radius 2 is 2.62 bits per heavy atom. The van der Waals surface area contributed by atoms with E-state index in [1.165, 1.54) is 18.6 Å². The van der Waals surface area contributed by atoms with Crippen molar-refractivity contribution in [2.75, 3.05) is 12.8 Å². The van der Waals surface area contributed by atoms with Crippen LogP contribution in [0, 0.1) is 0 Å². The fraction of sp³-hybridized carbons (Fsp3) is 0.833. The molecule has 1 atom stereocenters. The van der Waals surface area contributed by atoms with E-state index in [9.17, 15) is 0 Å². The van der Waals surface area contributed by atoms with E-state index in [2.05, 4.69) is 11.2 Å². The quantitative estimate of drug-likeness (QED) is 0.490. The Labute approximate surface area is 54.6 Å². The third-order valence-corrected chi connectivity index (χ3v) is 2.59. The van der Waals surface area contributed by atoms with Crippen LogP contribution in [0.5, 0.6) is 0 Å². The molecule has 0 N–H and O–H groups in total. The SMILES string of the molecule is CN=CC1CCCS1. The van der Waals surface area contributed by atoms with Gasteiger partial charge in [-0.15, -0.1) is 0 Å². The van der Waals surface area contributed by atoms with Gasteiger partial charge in [-0.25, -0.2) is 0 Å². The monoisotopic (exact) mass is 129 g/mol. The molecule has 0 aromatic heterocycles. The summed E-state index contributed by atoms with van der Waals surface area (Å²) >= 11 is 2.02. The van der Waals surface area contributed by atoms with Gasteiger partial charge < -0.3 is 0 Å². The predicted octanol–water partition coefficient (Wildman–Crippen LogP) is 1.58. The highest BCUT2D eigenvalue weighted by molar-refractivity contribution is 8.00. The lowest BCUT2D eigenvalue weighted by molar-refractivity contribution is 0.907. The first-order valence-electron chi connectivity index (χ1n) is 2.97. The van der Waals surface area contributed by atoms with Gasteiger partial charge in [0.15, 0.2) is 0 Å². The van der Waals surface area contributed by atoms with Crippen LogP contribution in [-0.4, -0.2) is 24.3 Å². The van der Waals surface area contributed by atoms with Crippen molar-refractivity contribution in [3.8, 4) is 0 Å². The highest BCUT2D eigenvalue weighted by Crippen LogP contribution is 2.23. The molecule has 0 amide bonds. The summed E-state index contributed by atoms with van der Waals surface area (Å²) < 4.78 is 0. The molecule has 8 heavy (non-hydrogen) atoms. The Kier molecular flexibility index (Phi) is 2.40. The van der Waals surface area contributed by atoms with Crippen molar-refractivity contribution in [1.82, 2.24) is 0 Å². The standard InChI is InChI=1S/C6H11NS/c1-7-5-6-3-2-4-8-6/h5-6H,2-4H2,1H3. The van der Waals surface area contributed by atoms with Gasteiger partial charge in [-0.3, -0.25) is 4.99 Å². The molecule has 0 aromatic rings. The topological polar surface area (TPSA) is 12.4 Å². The van der Waals surface area contributed by atoms with Gasteiger partial charge in [0.05, 0.1) is 0 Å². The summed E-state index contributed by atoms with van der Waals surface area (Å²) in [4.78, 5) is 3.97. The first-order chi connectivity index (χ1) is 3.93. The maximum Gasteiger partial charge on any atom is 0.0396 e. The zero-order chi connectivity index (χ0) is 5.82. The molecule has 0 bridgehead atoms. The van der Waals surface area contributed by atoms with Gasteiger partial charge in [0.1, 0.15) is 0 Å². The zero-order valence-corrected chi connectivity index (χ0v) is 5.95. The van der Waals surface area contributed by atoms with Crippen LogP contribution in [0.4, 0.5) is 0 Å². The van der Waals surface area contributed by atoms with Gasteiger partial charge >= 0.3 is 0 Å². The number of rotatable bonds is 1. The van der Waals surface area contributed by atoms with Gasteiger partial charge in [0.25, 0.3) is 0 Å². The number of thioether (sulfide) groups is 1. The van der Waals surface area contributed by atoms with Crippen LogP contribution < -0.4 is 0 Å². The lowest BCUT2D eigenvalue weighted by atomic mass is 10.3. The average molecular weight is 129 g/mol. The van der Waals surface area contributed by atoms with E-state index >= 15 is 0 Å². The van der Waals surface area contributed by atoms with Gasteiger partial charge in [0.2, 0.25) is 0 Å². The predicted molar refractivity (Wildman–Crippen MR) is 39.9 cm³/mol. The van der Waals surface area contributed by atoms with Crippen molar-refractivity contribution < 1.29 is 0 Å². The van der Waals surface area contributed by atoms with E-state index in [-0.39, 0.29) is 0 Å². The van der Waals surface area contributed by atoms with E-state index in [1.807, 2.05) is 18.8 Å². The molecule has 46 valence electrons. The molecule has 1 saturated heterocycles. The highest BCUT2D eigenvalue weighted by atomic mass is 32.2. The van der Waals surface area contributed by atoms with Crippen molar-refractivity contribution in [3.63, 3.8) is 0 Å². The molecule has 0 aliphatic carbocycles. The molecule has 1 fully saturated rings. The van der Waals surface area contributed by atoms with Crippen LogP contribution in [0.15, 0.2) is 4.99 Å². The molecule has 1 unspecified atom stereocenters. The maximum atomic E-state index is 3.97. The van der Waals surface area contributed by atoms with Crippen molar-refractivity contribution in [2.24, 2.45) is 4.99 Å². The Morgan fingerprint density at radius 3 is 3.12 bits per heavy atom. The minimum Gasteiger partial charge on any atom is -0.300 e. The number of hydrogen-bond donors (Lipinski definition) is 0. The van der Waals surface area contributed by atoms with Crippen LogP contribution in [0.2, 0.25) is 0 Å². The lowest BCUT2D eigenvalue weighted by Crippen LogP contribution is -1.95. The molecule has 1 rings (SSSR count). The van der Waals surface area contributed by atoms with Crippen molar-refractivity contribution in [2.45, 2.75) is 18.1 Å². The third-order valence-electron chi connectivity index (χ3n) is 1.28. The summed E-state index contributed by atoms with van der Waals surface area (Å²) in [5, 5.41) is 0.736. The Hall–Kier alpha value is 0.0200. The Morgan fingerprint density at radius 1 is 1.75 bits per heavy atom. The molecule has 0 radical (unpaired) electrons. The van der Waals surface area contributed by atoms with Gasteiger partial charge in [-0.1, -0.05) is 0 Å². The van der Waals surface area contributed by atoms with Gasteiger partial charge in [-0.2, -0.15) is 11.8 Å². The second-order valence-electron chi connectivity index (χ2n) is 1.96. The van der Waals surface area contributed by atoms with E-state index < -0.39 is 0 Å². The molecule has 0 spiro atoms. The van der Waals surface area contributed by atoms with Crippen molar-refractivity contribution in [1.29, 1.82) is 0 Å².